The zero-order chi connectivity index (χ0) is 21.2. The van der Waals surface area contributed by atoms with Gasteiger partial charge in [-0.1, -0.05) is 61.9 Å². The number of aryl methyl sites for hydroxylation is 1. The molecule has 1 amide bonds. The third-order valence-electron chi connectivity index (χ3n) is 4.40. The molecule has 2 N–H and O–H groups in total. The monoisotopic (exact) mass is 409 g/mol. The van der Waals surface area contributed by atoms with Gasteiger partial charge in [-0.2, -0.15) is 0 Å². The number of hydrogen-bond acceptors (Lipinski definition) is 4. The molecule has 150 valence electrons. The third-order valence-corrected chi connectivity index (χ3v) is 5.40. The fourth-order valence-corrected chi connectivity index (χ4v) is 3.49. The van der Waals surface area contributed by atoms with Gasteiger partial charge in [0.25, 0.3) is 5.91 Å². The van der Waals surface area contributed by atoms with Crippen molar-refractivity contribution >= 4 is 28.9 Å². The van der Waals surface area contributed by atoms with E-state index in [1.54, 1.807) is 12.1 Å². The van der Waals surface area contributed by atoms with E-state index >= 15 is 0 Å². The van der Waals surface area contributed by atoms with E-state index in [9.17, 15) is 14.7 Å². The SMILES string of the molecule is Cc1ccc(C(=O)Nc2cc(C(=O)O)sc2Oc2ccc(C(C)(C)C)cc2)cc1. The molecule has 1 aromatic heterocycles. The topological polar surface area (TPSA) is 75.6 Å². The number of aromatic carboxylic acids is 1. The van der Waals surface area contributed by atoms with Crippen molar-refractivity contribution in [3.8, 4) is 10.8 Å². The van der Waals surface area contributed by atoms with Crippen molar-refractivity contribution in [3.05, 3.63) is 76.2 Å². The van der Waals surface area contributed by atoms with Crippen molar-refractivity contribution < 1.29 is 19.4 Å². The number of carboxylic acids is 1. The molecular formula is C23H23NO4S. The van der Waals surface area contributed by atoms with Crippen molar-refractivity contribution in [2.24, 2.45) is 0 Å². The van der Waals surface area contributed by atoms with Crippen LogP contribution in [0.1, 0.15) is 51.9 Å². The van der Waals surface area contributed by atoms with Gasteiger partial charge in [-0.05, 0) is 48.2 Å². The Balaban J connectivity index is 1.85. The van der Waals surface area contributed by atoms with Crippen molar-refractivity contribution in [1.82, 2.24) is 0 Å². The minimum Gasteiger partial charge on any atom is -0.477 e. The molecule has 0 saturated carbocycles. The smallest absolute Gasteiger partial charge is 0.346 e. The van der Waals surface area contributed by atoms with Crippen molar-refractivity contribution in [1.29, 1.82) is 0 Å². The fraction of sp³-hybridized carbons (Fsp3) is 0.217. The normalized spacial score (nSPS) is 11.2. The van der Waals surface area contributed by atoms with Crippen molar-refractivity contribution in [3.63, 3.8) is 0 Å². The summed E-state index contributed by atoms with van der Waals surface area (Å²) in [7, 11) is 0. The van der Waals surface area contributed by atoms with E-state index in [0.717, 1.165) is 22.5 Å². The maximum atomic E-state index is 12.6. The predicted octanol–water partition coefficient (Wildman–Crippen LogP) is 6.10. The predicted molar refractivity (Wildman–Crippen MR) is 116 cm³/mol. The molecule has 2 aromatic carbocycles. The van der Waals surface area contributed by atoms with Gasteiger partial charge in [0, 0.05) is 5.56 Å². The van der Waals surface area contributed by atoms with E-state index in [1.807, 2.05) is 43.3 Å². The molecule has 0 bridgehead atoms. The first-order valence-electron chi connectivity index (χ1n) is 9.17. The molecule has 0 spiro atoms. The van der Waals surface area contributed by atoms with Gasteiger partial charge in [-0.25, -0.2) is 4.79 Å². The lowest BCUT2D eigenvalue weighted by Crippen LogP contribution is -2.12. The Kier molecular flexibility index (Phi) is 5.75. The van der Waals surface area contributed by atoms with Crippen LogP contribution in [-0.2, 0) is 5.41 Å². The molecule has 0 aliphatic rings. The van der Waals surface area contributed by atoms with E-state index in [4.69, 9.17) is 4.74 Å². The quantitative estimate of drug-likeness (QED) is 0.534. The van der Waals surface area contributed by atoms with Gasteiger partial charge in [0.15, 0.2) is 0 Å². The molecule has 3 aromatic rings. The van der Waals surface area contributed by atoms with E-state index in [2.05, 4.69) is 26.1 Å². The number of benzene rings is 2. The lowest BCUT2D eigenvalue weighted by atomic mass is 9.87. The van der Waals surface area contributed by atoms with E-state index < -0.39 is 5.97 Å². The zero-order valence-corrected chi connectivity index (χ0v) is 17.6. The molecule has 0 saturated heterocycles. The number of nitrogens with one attached hydrogen (secondary N) is 1. The maximum absolute atomic E-state index is 12.6. The van der Waals surface area contributed by atoms with Crippen molar-refractivity contribution in [2.45, 2.75) is 33.1 Å². The summed E-state index contributed by atoms with van der Waals surface area (Å²) in [6.07, 6.45) is 0. The van der Waals surface area contributed by atoms with Crippen molar-refractivity contribution in [2.75, 3.05) is 5.32 Å². The first kappa shape index (κ1) is 20.6. The average Bonchev–Trinajstić information content (AvgIpc) is 3.04. The second kappa shape index (κ2) is 8.09. The van der Waals surface area contributed by atoms with Gasteiger partial charge in [0.05, 0.1) is 5.69 Å². The maximum Gasteiger partial charge on any atom is 0.346 e. The van der Waals surface area contributed by atoms with Gasteiger partial charge in [0.1, 0.15) is 10.6 Å². The highest BCUT2D eigenvalue weighted by molar-refractivity contribution is 7.16. The van der Waals surface area contributed by atoms with Crippen LogP contribution in [0.25, 0.3) is 0 Å². The number of carbonyl (C=O) groups is 2. The van der Waals surface area contributed by atoms with E-state index in [-0.39, 0.29) is 16.2 Å². The molecule has 0 unspecified atom stereocenters. The molecule has 0 atom stereocenters. The Hall–Kier alpha value is -3.12. The van der Waals surface area contributed by atoms with Crippen LogP contribution < -0.4 is 10.1 Å². The molecular weight excluding hydrogens is 386 g/mol. The van der Waals surface area contributed by atoms with Gasteiger partial charge in [-0.15, -0.1) is 0 Å². The number of carbonyl (C=O) groups excluding carboxylic acids is 1. The lowest BCUT2D eigenvalue weighted by Gasteiger charge is -2.19. The molecule has 0 aliphatic carbocycles. The summed E-state index contributed by atoms with van der Waals surface area (Å²) in [5.41, 5.74) is 3.05. The van der Waals surface area contributed by atoms with Crippen LogP contribution >= 0.6 is 11.3 Å². The van der Waals surface area contributed by atoms with Crippen LogP contribution in [0.15, 0.2) is 54.6 Å². The van der Waals surface area contributed by atoms with Crippen LogP contribution in [-0.4, -0.2) is 17.0 Å². The molecule has 5 nitrogen and oxygen atoms in total. The number of rotatable bonds is 5. The number of anilines is 1. The molecule has 3 rings (SSSR count). The minimum absolute atomic E-state index is 0.0190. The second-order valence-corrected chi connectivity index (χ2v) is 8.83. The number of thiophene rings is 1. The Bertz CT molecular complexity index is 1030. The number of amides is 1. The van der Waals surface area contributed by atoms with Crippen LogP contribution in [0.5, 0.6) is 10.8 Å². The van der Waals surface area contributed by atoms with Gasteiger partial charge in [-0.3, -0.25) is 4.79 Å². The number of ether oxygens (including phenoxy) is 1. The Morgan fingerprint density at radius 2 is 1.62 bits per heavy atom. The molecule has 0 fully saturated rings. The molecule has 6 heteroatoms. The van der Waals surface area contributed by atoms with Crippen LogP contribution in [0, 0.1) is 6.92 Å². The summed E-state index contributed by atoms with van der Waals surface area (Å²) in [4.78, 5) is 24.1. The first-order valence-corrected chi connectivity index (χ1v) is 9.98. The summed E-state index contributed by atoms with van der Waals surface area (Å²) < 4.78 is 5.90. The standard InChI is InChI=1S/C23H23NO4S/c1-14-5-7-15(8-6-14)20(25)24-18-13-19(21(26)27)29-22(18)28-17-11-9-16(10-12-17)23(2,3)4/h5-13H,1-4H3,(H,24,25)(H,26,27). The van der Waals surface area contributed by atoms with Crippen LogP contribution in [0.3, 0.4) is 0 Å². The largest absolute Gasteiger partial charge is 0.477 e. The molecule has 0 radical (unpaired) electrons. The van der Waals surface area contributed by atoms with Gasteiger partial charge < -0.3 is 15.2 Å². The Labute approximate surface area is 174 Å². The fourth-order valence-electron chi connectivity index (χ4n) is 2.67. The van der Waals surface area contributed by atoms with Gasteiger partial charge in [0.2, 0.25) is 5.06 Å². The van der Waals surface area contributed by atoms with Crippen LogP contribution in [0.2, 0.25) is 0 Å². The third kappa shape index (κ3) is 5.03. The summed E-state index contributed by atoms with van der Waals surface area (Å²) in [6, 6.07) is 16.2. The van der Waals surface area contributed by atoms with Gasteiger partial charge >= 0.3 is 5.97 Å². The number of carboxylic acid groups (broad SMARTS) is 1. The summed E-state index contributed by atoms with van der Waals surface area (Å²) >= 11 is 0.975. The summed E-state index contributed by atoms with van der Waals surface area (Å²) in [5, 5.41) is 12.4. The Morgan fingerprint density at radius 3 is 2.17 bits per heavy atom. The molecule has 1 heterocycles. The summed E-state index contributed by atoms with van der Waals surface area (Å²) in [6.45, 7) is 8.32. The second-order valence-electron chi connectivity index (χ2n) is 7.81. The van der Waals surface area contributed by atoms with Crippen LogP contribution in [0.4, 0.5) is 5.69 Å². The molecule has 29 heavy (non-hydrogen) atoms. The highest BCUT2D eigenvalue weighted by Crippen LogP contribution is 2.39. The number of hydrogen-bond donors (Lipinski definition) is 2. The van der Waals surface area contributed by atoms with E-state index in [0.29, 0.717) is 22.1 Å². The molecule has 0 aliphatic heterocycles. The highest BCUT2D eigenvalue weighted by atomic mass is 32.1. The summed E-state index contributed by atoms with van der Waals surface area (Å²) in [5.74, 6) is -0.825. The lowest BCUT2D eigenvalue weighted by molar-refractivity contribution is 0.0701. The average molecular weight is 410 g/mol. The van der Waals surface area contributed by atoms with E-state index in [1.165, 1.54) is 6.07 Å². The first-order chi connectivity index (χ1) is 13.6. The Morgan fingerprint density at radius 1 is 1.00 bits per heavy atom. The minimum atomic E-state index is -1.07. The zero-order valence-electron chi connectivity index (χ0n) is 16.8. The highest BCUT2D eigenvalue weighted by Gasteiger charge is 2.19.